The van der Waals surface area contributed by atoms with Crippen molar-refractivity contribution in [3.05, 3.63) is 0 Å². The lowest BCUT2D eigenvalue weighted by Crippen LogP contribution is -2.00. The molecule has 0 bridgehead atoms. The van der Waals surface area contributed by atoms with Gasteiger partial charge in [-0.2, -0.15) is 11.8 Å². The molecule has 0 aliphatic rings. The Bertz CT molecular complexity index is 126. The molecule has 2 nitrogen and oxygen atoms in total. The first-order valence-corrected chi connectivity index (χ1v) is 6.11. The Labute approximate surface area is 85.4 Å². The van der Waals surface area contributed by atoms with Crippen LogP contribution in [0.3, 0.4) is 0 Å². The number of methoxy groups -OCH3 is 1. The summed E-state index contributed by atoms with van der Waals surface area (Å²) in [6, 6.07) is 0. The summed E-state index contributed by atoms with van der Waals surface area (Å²) in [5.74, 6) is 2.22. The van der Waals surface area contributed by atoms with Gasteiger partial charge in [0.25, 0.3) is 0 Å². The zero-order valence-corrected chi connectivity index (χ0v) is 9.49. The molecule has 0 heterocycles. The summed E-state index contributed by atoms with van der Waals surface area (Å²) in [4.78, 5) is 10.7. The van der Waals surface area contributed by atoms with Crippen LogP contribution in [0.15, 0.2) is 0 Å². The minimum Gasteiger partial charge on any atom is -0.469 e. The second-order valence-corrected chi connectivity index (χ2v) is 4.22. The fourth-order valence-corrected chi connectivity index (χ4v) is 1.94. The molecule has 0 aromatic rings. The van der Waals surface area contributed by atoms with Crippen molar-refractivity contribution in [2.45, 2.75) is 39.0 Å². The van der Waals surface area contributed by atoms with E-state index < -0.39 is 0 Å². The number of thioether (sulfide) groups is 1. The van der Waals surface area contributed by atoms with Crippen LogP contribution in [0.1, 0.15) is 39.0 Å². The molecule has 0 saturated heterocycles. The smallest absolute Gasteiger partial charge is 0.305 e. The van der Waals surface area contributed by atoms with Gasteiger partial charge in [-0.1, -0.05) is 19.8 Å². The molecule has 78 valence electrons. The lowest BCUT2D eigenvalue weighted by molar-refractivity contribution is -0.140. The van der Waals surface area contributed by atoms with Gasteiger partial charge < -0.3 is 4.74 Å². The fourth-order valence-electron chi connectivity index (χ4n) is 0.977. The van der Waals surface area contributed by atoms with Crippen LogP contribution < -0.4 is 0 Å². The zero-order valence-electron chi connectivity index (χ0n) is 8.67. The summed E-state index contributed by atoms with van der Waals surface area (Å²) in [6.07, 6.45) is 5.42. The van der Waals surface area contributed by atoms with E-state index in [1.54, 1.807) is 0 Å². The maximum atomic E-state index is 10.7. The topological polar surface area (TPSA) is 26.3 Å². The molecular formula is C10H20O2S. The Balaban J connectivity index is 2.95. The van der Waals surface area contributed by atoms with Gasteiger partial charge in [-0.25, -0.2) is 0 Å². The predicted molar refractivity (Wildman–Crippen MR) is 58.1 cm³/mol. The van der Waals surface area contributed by atoms with Crippen LogP contribution >= 0.6 is 11.8 Å². The average Bonchev–Trinajstić information content (AvgIpc) is 2.16. The van der Waals surface area contributed by atoms with Crippen LogP contribution in [0, 0.1) is 0 Å². The highest BCUT2D eigenvalue weighted by molar-refractivity contribution is 7.99. The van der Waals surface area contributed by atoms with E-state index in [1.165, 1.54) is 32.1 Å². The van der Waals surface area contributed by atoms with Crippen molar-refractivity contribution < 1.29 is 9.53 Å². The average molecular weight is 204 g/mol. The molecule has 13 heavy (non-hydrogen) atoms. The van der Waals surface area contributed by atoms with E-state index in [0.29, 0.717) is 6.42 Å². The molecule has 0 atom stereocenters. The Morgan fingerprint density at radius 1 is 1.23 bits per heavy atom. The van der Waals surface area contributed by atoms with Gasteiger partial charge in [0, 0.05) is 6.42 Å². The van der Waals surface area contributed by atoms with Gasteiger partial charge in [-0.3, -0.25) is 4.79 Å². The zero-order chi connectivity index (χ0) is 9.94. The lowest BCUT2D eigenvalue weighted by Gasteiger charge is -2.00. The SMILES string of the molecule is CCCCCSCCCC(=O)OC. The maximum absolute atomic E-state index is 10.7. The van der Waals surface area contributed by atoms with Crippen molar-refractivity contribution in [1.29, 1.82) is 0 Å². The second kappa shape index (κ2) is 9.90. The van der Waals surface area contributed by atoms with Crippen molar-refractivity contribution in [2.24, 2.45) is 0 Å². The second-order valence-electron chi connectivity index (χ2n) is 3.00. The number of hydrogen-bond donors (Lipinski definition) is 0. The van der Waals surface area contributed by atoms with Crippen LogP contribution in [0.4, 0.5) is 0 Å². The Hall–Kier alpha value is -0.180. The van der Waals surface area contributed by atoms with Crippen LogP contribution in [0.2, 0.25) is 0 Å². The Morgan fingerprint density at radius 2 is 1.92 bits per heavy atom. The monoisotopic (exact) mass is 204 g/mol. The highest BCUT2D eigenvalue weighted by Crippen LogP contribution is 2.08. The van der Waals surface area contributed by atoms with Gasteiger partial charge in [-0.15, -0.1) is 0 Å². The van der Waals surface area contributed by atoms with Crippen LogP contribution in [0.5, 0.6) is 0 Å². The standard InChI is InChI=1S/C10H20O2S/c1-3-4-5-8-13-9-6-7-10(11)12-2/h3-9H2,1-2H3. The van der Waals surface area contributed by atoms with E-state index in [2.05, 4.69) is 11.7 Å². The third-order valence-corrected chi connectivity index (χ3v) is 2.94. The van der Waals surface area contributed by atoms with Gasteiger partial charge in [-0.05, 0) is 24.3 Å². The van der Waals surface area contributed by atoms with E-state index >= 15 is 0 Å². The first-order chi connectivity index (χ1) is 6.31. The van der Waals surface area contributed by atoms with Crippen molar-refractivity contribution in [3.8, 4) is 0 Å². The molecule has 0 radical (unpaired) electrons. The number of hydrogen-bond acceptors (Lipinski definition) is 3. The van der Waals surface area contributed by atoms with Gasteiger partial charge in [0.05, 0.1) is 7.11 Å². The molecule has 3 heteroatoms. The van der Waals surface area contributed by atoms with Crippen LogP contribution in [-0.4, -0.2) is 24.6 Å². The molecule has 0 rings (SSSR count). The molecule has 0 aromatic heterocycles. The number of rotatable bonds is 8. The Morgan fingerprint density at radius 3 is 2.54 bits per heavy atom. The minimum absolute atomic E-state index is 0.0887. The number of esters is 1. The van der Waals surface area contributed by atoms with E-state index in [1.807, 2.05) is 11.8 Å². The number of carbonyl (C=O) groups excluding carboxylic acids is 1. The summed E-state index contributed by atoms with van der Waals surface area (Å²) in [5.41, 5.74) is 0. The van der Waals surface area contributed by atoms with E-state index in [4.69, 9.17) is 0 Å². The lowest BCUT2D eigenvalue weighted by atomic mass is 10.3. The molecule has 0 N–H and O–H groups in total. The molecule has 0 fully saturated rings. The molecule has 0 aliphatic carbocycles. The van der Waals surface area contributed by atoms with Crippen molar-refractivity contribution in [3.63, 3.8) is 0 Å². The summed E-state index contributed by atoms with van der Waals surface area (Å²) in [5, 5.41) is 0. The van der Waals surface area contributed by atoms with Gasteiger partial charge in [0.15, 0.2) is 0 Å². The molecule has 0 amide bonds. The third kappa shape index (κ3) is 9.74. The van der Waals surface area contributed by atoms with Crippen molar-refractivity contribution in [1.82, 2.24) is 0 Å². The summed E-state index contributed by atoms with van der Waals surface area (Å²) >= 11 is 1.94. The summed E-state index contributed by atoms with van der Waals surface area (Å²) in [7, 11) is 1.44. The molecule has 0 aromatic carbocycles. The molecule has 0 spiro atoms. The van der Waals surface area contributed by atoms with Crippen LogP contribution in [-0.2, 0) is 9.53 Å². The van der Waals surface area contributed by atoms with Crippen molar-refractivity contribution >= 4 is 17.7 Å². The summed E-state index contributed by atoms with van der Waals surface area (Å²) < 4.78 is 4.55. The Kier molecular flexibility index (Phi) is 9.77. The first kappa shape index (κ1) is 12.8. The molecular weight excluding hydrogens is 184 g/mol. The fraction of sp³-hybridized carbons (Fsp3) is 0.900. The number of unbranched alkanes of at least 4 members (excludes halogenated alkanes) is 2. The minimum atomic E-state index is -0.0887. The van der Waals surface area contributed by atoms with E-state index in [9.17, 15) is 4.79 Å². The van der Waals surface area contributed by atoms with Crippen LogP contribution in [0.25, 0.3) is 0 Å². The first-order valence-electron chi connectivity index (χ1n) is 4.95. The largest absolute Gasteiger partial charge is 0.469 e. The molecule has 0 unspecified atom stereocenters. The number of ether oxygens (including phenoxy) is 1. The predicted octanol–water partition coefficient (Wildman–Crippen LogP) is 2.86. The molecule has 0 aliphatic heterocycles. The quantitative estimate of drug-likeness (QED) is 0.449. The molecule has 0 saturated carbocycles. The van der Waals surface area contributed by atoms with Gasteiger partial charge >= 0.3 is 5.97 Å². The normalized spacial score (nSPS) is 10.0. The van der Waals surface area contributed by atoms with E-state index in [-0.39, 0.29) is 5.97 Å². The number of carbonyl (C=O) groups is 1. The highest BCUT2D eigenvalue weighted by Gasteiger charge is 1.98. The van der Waals surface area contributed by atoms with Gasteiger partial charge in [0.1, 0.15) is 0 Å². The highest BCUT2D eigenvalue weighted by atomic mass is 32.2. The van der Waals surface area contributed by atoms with Crippen molar-refractivity contribution in [2.75, 3.05) is 18.6 Å². The van der Waals surface area contributed by atoms with Gasteiger partial charge in [0.2, 0.25) is 0 Å². The van der Waals surface area contributed by atoms with E-state index in [0.717, 1.165) is 12.2 Å². The third-order valence-electron chi connectivity index (χ3n) is 1.79. The maximum Gasteiger partial charge on any atom is 0.305 e. The summed E-state index contributed by atoms with van der Waals surface area (Å²) in [6.45, 7) is 2.21.